The molecule has 3 heteroatoms. The van der Waals surface area contributed by atoms with Gasteiger partial charge in [0.2, 0.25) is 0 Å². The van der Waals surface area contributed by atoms with Gasteiger partial charge in [0.05, 0.1) is 0 Å². The van der Waals surface area contributed by atoms with Crippen LogP contribution in [-0.2, 0) is 0 Å². The average Bonchev–Trinajstić information content (AvgIpc) is 1.69. The monoisotopic (exact) mass is 162 g/mol. The van der Waals surface area contributed by atoms with Crippen molar-refractivity contribution in [2.24, 2.45) is 0 Å². The summed E-state index contributed by atoms with van der Waals surface area (Å²) in [6.07, 6.45) is 6.62. The molecule has 1 nitrogen and oxygen atoms in total. The van der Waals surface area contributed by atoms with E-state index >= 15 is 0 Å². The molecule has 9 heavy (non-hydrogen) atoms. The molecule has 1 fully saturated rings. The molecule has 0 aromatic rings. The van der Waals surface area contributed by atoms with E-state index in [1.807, 2.05) is 0 Å². The molecule has 0 saturated heterocycles. The number of halogens is 1. The van der Waals surface area contributed by atoms with E-state index in [0.717, 1.165) is 0 Å². The van der Waals surface area contributed by atoms with E-state index in [1.165, 1.54) is 32.1 Å². The Hall–Kier alpha value is 0.782. The molecule has 0 atom stereocenters. The zero-order valence-corrected chi connectivity index (χ0v) is 7.69. The Kier molecular flexibility index (Phi) is 9.55. The summed E-state index contributed by atoms with van der Waals surface area (Å²) in [6.45, 7) is 0. The van der Waals surface area contributed by atoms with Crippen LogP contribution in [-0.4, -0.2) is 22.7 Å². The minimum atomic E-state index is 0. The van der Waals surface area contributed by atoms with Gasteiger partial charge in [0.15, 0.2) is 0 Å². The molecule has 0 aromatic heterocycles. The van der Waals surface area contributed by atoms with Crippen LogP contribution in [0.15, 0.2) is 0 Å². The zero-order valence-electron chi connectivity index (χ0n) is 5.78. The Morgan fingerprint density at radius 1 is 1.00 bits per heavy atom. The first kappa shape index (κ1) is 12.5. The summed E-state index contributed by atoms with van der Waals surface area (Å²) in [5, 5.41) is 0.508. The normalized spacial score (nSPS) is 19.7. The van der Waals surface area contributed by atoms with Crippen molar-refractivity contribution in [3.63, 3.8) is 0 Å². The van der Waals surface area contributed by atoms with Crippen LogP contribution in [0.5, 0.6) is 0 Å². The molecule has 0 unspecified atom stereocenters. The summed E-state index contributed by atoms with van der Waals surface area (Å²) in [5.41, 5.74) is 0. The van der Waals surface area contributed by atoms with Crippen molar-refractivity contribution in [3.8, 4) is 0 Å². The molecular formula is C6H14AlClN+3. The predicted octanol–water partition coefficient (Wildman–Crippen LogP) is 2.34. The van der Waals surface area contributed by atoms with E-state index < -0.39 is 0 Å². The maximum atomic E-state index is 5.82. The van der Waals surface area contributed by atoms with E-state index in [9.17, 15) is 0 Å². The smallest absolute Gasteiger partial charge is 0.344 e. The van der Waals surface area contributed by atoms with Crippen molar-refractivity contribution in [1.29, 1.82) is 0 Å². The minimum Gasteiger partial charge on any atom is -0.344 e. The summed E-state index contributed by atoms with van der Waals surface area (Å²) < 4.78 is 0. The van der Waals surface area contributed by atoms with E-state index in [0.29, 0.717) is 5.38 Å². The fourth-order valence-electron chi connectivity index (χ4n) is 1.05. The van der Waals surface area contributed by atoms with Gasteiger partial charge in [-0.25, -0.2) is 0 Å². The van der Waals surface area contributed by atoms with Gasteiger partial charge in [0.25, 0.3) is 0 Å². The first-order valence-electron chi connectivity index (χ1n) is 3.03. The first-order chi connectivity index (χ1) is 3.39. The Morgan fingerprint density at radius 3 is 1.67 bits per heavy atom. The van der Waals surface area contributed by atoms with Crippen molar-refractivity contribution >= 4 is 29.0 Å². The topological polar surface area (TPSA) is 35.0 Å². The Bertz CT molecular complexity index is 55.0. The molecule has 1 aliphatic rings. The molecule has 1 aliphatic carbocycles. The standard InChI is InChI=1S/C6H11Cl.Al.H3N/c7-6-4-2-1-3-5-6;;/h6H,1-5H2;;1H3/q;+3;. The SMILES string of the molecule is ClC1CCCCC1.N.[Al+3]. The molecule has 0 heterocycles. The third-order valence-electron chi connectivity index (χ3n) is 1.53. The van der Waals surface area contributed by atoms with E-state index in [2.05, 4.69) is 0 Å². The van der Waals surface area contributed by atoms with Crippen LogP contribution in [0.3, 0.4) is 0 Å². The largest absolute Gasteiger partial charge is 3.00 e. The summed E-state index contributed by atoms with van der Waals surface area (Å²) >= 11 is 5.82. The van der Waals surface area contributed by atoms with Crippen molar-refractivity contribution in [2.45, 2.75) is 37.5 Å². The van der Waals surface area contributed by atoms with Crippen LogP contribution in [0.2, 0.25) is 0 Å². The second-order valence-electron chi connectivity index (χ2n) is 2.24. The van der Waals surface area contributed by atoms with Crippen molar-refractivity contribution in [1.82, 2.24) is 6.15 Å². The first-order valence-corrected chi connectivity index (χ1v) is 3.47. The van der Waals surface area contributed by atoms with Gasteiger partial charge in [-0.2, -0.15) is 0 Å². The molecular weight excluding hydrogens is 149 g/mol. The minimum absolute atomic E-state index is 0. The Balaban J connectivity index is 0. The molecule has 0 aromatic carbocycles. The zero-order chi connectivity index (χ0) is 5.11. The van der Waals surface area contributed by atoms with Crippen molar-refractivity contribution in [2.75, 3.05) is 0 Å². The van der Waals surface area contributed by atoms with Crippen molar-refractivity contribution in [3.05, 3.63) is 0 Å². The van der Waals surface area contributed by atoms with E-state index in [-0.39, 0.29) is 23.5 Å². The molecule has 3 N–H and O–H groups in total. The summed E-state index contributed by atoms with van der Waals surface area (Å²) in [5.74, 6) is 0. The molecule has 0 amide bonds. The van der Waals surface area contributed by atoms with Gasteiger partial charge in [-0.05, 0) is 12.8 Å². The molecule has 0 radical (unpaired) electrons. The molecule has 1 saturated carbocycles. The molecule has 0 bridgehead atoms. The van der Waals surface area contributed by atoms with Crippen molar-refractivity contribution < 1.29 is 0 Å². The Morgan fingerprint density at radius 2 is 1.44 bits per heavy atom. The molecule has 0 spiro atoms. The maximum absolute atomic E-state index is 5.82. The van der Waals surface area contributed by atoms with Crippen LogP contribution < -0.4 is 6.15 Å². The van der Waals surface area contributed by atoms with Gasteiger partial charge in [-0.3, -0.25) is 0 Å². The molecule has 0 aliphatic heterocycles. The Labute approximate surface area is 72.9 Å². The van der Waals surface area contributed by atoms with Gasteiger partial charge < -0.3 is 6.15 Å². The van der Waals surface area contributed by atoms with E-state index in [1.54, 1.807) is 0 Å². The van der Waals surface area contributed by atoms with Gasteiger partial charge in [-0.1, -0.05) is 19.3 Å². The molecule has 1 rings (SSSR count). The van der Waals surface area contributed by atoms with Gasteiger partial charge >= 0.3 is 17.4 Å². The summed E-state index contributed by atoms with van der Waals surface area (Å²) in [6, 6.07) is 0. The van der Waals surface area contributed by atoms with Crippen LogP contribution >= 0.6 is 11.6 Å². The third kappa shape index (κ3) is 5.24. The average molecular weight is 163 g/mol. The van der Waals surface area contributed by atoms with Crippen LogP contribution in [0, 0.1) is 0 Å². The summed E-state index contributed by atoms with van der Waals surface area (Å²) in [7, 11) is 0. The number of rotatable bonds is 0. The summed E-state index contributed by atoms with van der Waals surface area (Å²) in [4.78, 5) is 0. The number of hydrogen-bond acceptors (Lipinski definition) is 1. The van der Waals surface area contributed by atoms with Gasteiger partial charge in [-0.15, -0.1) is 11.6 Å². The molecule has 50 valence electrons. The predicted molar refractivity (Wildman–Crippen MR) is 43.5 cm³/mol. The second kappa shape index (κ2) is 6.90. The van der Waals surface area contributed by atoms with Crippen LogP contribution in [0.25, 0.3) is 0 Å². The second-order valence-corrected chi connectivity index (χ2v) is 2.85. The number of alkyl halides is 1. The number of hydrogen-bond donors (Lipinski definition) is 1. The van der Waals surface area contributed by atoms with E-state index in [4.69, 9.17) is 11.6 Å². The van der Waals surface area contributed by atoms with Gasteiger partial charge in [0, 0.05) is 5.38 Å². The van der Waals surface area contributed by atoms with Crippen LogP contribution in [0.4, 0.5) is 0 Å². The maximum Gasteiger partial charge on any atom is 3.00 e. The quantitative estimate of drug-likeness (QED) is 0.431. The van der Waals surface area contributed by atoms with Crippen LogP contribution in [0.1, 0.15) is 32.1 Å². The van der Waals surface area contributed by atoms with Gasteiger partial charge in [0.1, 0.15) is 0 Å². The third-order valence-corrected chi connectivity index (χ3v) is 1.97. The fraction of sp³-hybridized carbons (Fsp3) is 1.00. The fourth-order valence-corrected chi connectivity index (χ4v) is 1.36.